The molecule has 31 heavy (non-hydrogen) atoms. The third-order valence-corrected chi connectivity index (χ3v) is 15.7. The summed E-state index contributed by atoms with van der Waals surface area (Å²) in [7, 11) is -1.86. The van der Waals surface area contributed by atoms with E-state index in [1.807, 2.05) is 6.08 Å². The lowest BCUT2D eigenvalue weighted by atomic mass is 9.97. The molecule has 0 saturated carbocycles. The van der Waals surface area contributed by atoms with Crippen molar-refractivity contribution >= 4 is 28.6 Å². The van der Waals surface area contributed by atoms with Crippen LogP contribution in [0.15, 0.2) is 24.0 Å². The van der Waals surface area contributed by atoms with Gasteiger partial charge >= 0.3 is 11.9 Å². The van der Waals surface area contributed by atoms with E-state index in [4.69, 9.17) is 18.3 Å². The Kier molecular flexibility index (Phi) is 8.23. The number of carbonyl (C=O) groups is 2. The standard InChI is InChI=1S/C23H42O6Si2/c1-21(2,3)30(9,10)28-18-15-17(20(25)27-8)16-23(18,14-13-19(24)26-7)29-31(11,12)22(4,5)6/h13-15,17H,16H2,1-12H3/b14-13+/t17-,23+/m1/s1. The highest BCUT2D eigenvalue weighted by atomic mass is 28.4. The first kappa shape index (κ1) is 27.6. The predicted octanol–water partition coefficient (Wildman–Crippen LogP) is 5.57. The molecule has 0 spiro atoms. The van der Waals surface area contributed by atoms with Crippen LogP contribution in [0.4, 0.5) is 0 Å². The van der Waals surface area contributed by atoms with Crippen LogP contribution in [0.3, 0.4) is 0 Å². The van der Waals surface area contributed by atoms with Crippen molar-refractivity contribution in [1.29, 1.82) is 0 Å². The zero-order valence-electron chi connectivity index (χ0n) is 21.5. The maximum Gasteiger partial charge on any atom is 0.330 e. The average molecular weight is 471 g/mol. The maximum atomic E-state index is 12.5. The Morgan fingerprint density at radius 2 is 1.48 bits per heavy atom. The number of methoxy groups -OCH3 is 2. The van der Waals surface area contributed by atoms with Crippen LogP contribution in [-0.2, 0) is 27.9 Å². The summed E-state index contributed by atoms with van der Waals surface area (Å²) in [4.78, 5) is 24.5. The molecule has 1 rings (SSSR count). The molecule has 0 saturated heterocycles. The number of esters is 2. The normalized spacial score (nSPS) is 23.0. The summed E-state index contributed by atoms with van der Waals surface area (Å²) in [5.74, 6) is -0.744. The van der Waals surface area contributed by atoms with Gasteiger partial charge in [0.25, 0.3) is 0 Å². The van der Waals surface area contributed by atoms with Gasteiger partial charge in [-0.1, -0.05) is 41.5 Å². The van der Waals surface area contributed by atoms with Crippen molar-refractivity contribution in [3.05, 3.63) is 24.0 Å². The molecule has 0 amide bonds. The first-order valence-corrected chi connectivity index (χ1v) is 16.6. The van der Waals surface area contributed by atoms with E-state index in [0.29, 0.717) is 12.2 Å². The van der Waals surface area contributed by atoms with Crippen LogP contribution in [-0.4, -0.2) is 48.4 Å². The third kappa shape index (κ3) is 6.32. The molecule has 1 aliphatic rings. The van der Waals surface area contributed by atoms with E-state index in [1.165, 1.54) is 20.3 Å². The minimum absolute atomic E-state index is 0.0496. The lowest BCUT2D eigenvalue weighted by molar-refractivity contribution is -0.144. The molecule has 0 radical (unpaired) electrons. The monoisotopic (exact) mass is 470 g/mol. The molecule has 0 N–H and O–H groups in total. The number of hydrogen-bond acceptors (Lipinski definition) is 6. The Bertz CT molecular complexity index is 740. The molecule has 178 valence electrons. The van der Waals surface area contributed by atoms with Gasteiger partial charge in [-0.3, -0.25) is 4.79 Å². The van der Waals surface area contributed by atoms with Gasteiger partial charge in [-0.15, -0.1) is 0 Å². The van der Waals surface area contributed by atoms with Crippen LogP contribution in [0.25, 0.3) is 0 Å². The fraction of sp³-hybridized carbons (Fsp3) is 0.739. The topological polar surface area (TPSA) is 71.1 Å². The molecular formula is C23H42O6Si2. The highest BCUT2D eigenvalue weighted by Gasteiger charge is 2.53. The van der Waals surface area contributed by atoms with E-state index < -0.39 is 34.1 Å². The second-order valence-corrected chi connectivity index (χ2v) is 20.8. The van der Waals surface area contributed by atoms with Crippen molar-refractivity contribution < 1.29 is 27.9 Å². The quantitative estimate of drug-likeness (QED) is 0.275. The lowest BCUT2D eigenvalue weighted by Crippen LogP contribution is -2.51. The Balaban J connectivity index is 3.64. The highest BCUT2D eigenvalue weighted by molar-refractivity contribution is 6.75. The van der Waals surface area contributed by atoms with Crippen molar-refractivity contribution in [2.24, 2.45) is 5.92 Å². The van der Waals surface area contributed by atoms with Gasteiger partial charge in [0.05, 0.1) is 20.1 Å². The molecule has 0 aliphatic heterocycles. The summed E-state index contributed by atoms with van der Waals surface area (Å²) in [6.45, 7) is 21.5. The van der Waals surface area contributed by atoms with E-state index in [-0.39, 0.29) is 16.0 Å². The highest BCUT2D eigenvalue weighted by Crippen LogP contribution is 2.49. The van der Waals surface area contributed by atoms with E-state index in [9.17, 15) is 9.59 Å². The van der Waals surface area contributed by atoms with E-state index in [0.717, 1.165) is 0 Å². The molecule has 0 fully saturated rings. The Hall–Kier alpha value is -1.39. The van der Waals surface area contributed by atoms with E-state index in [2.05, 4.69) is 67.7 Å². The van der Waals surface area contributed by atoms with Gasteiger partial charge in [-0.05, 0) is 48.4 Å². The third-order valence-electron chi connectivity index (χ3n) is 6.90. The van der Waals surface area contributed by atoms with Gasteiger partial charge in [0.1, 0.15) is 11.4 Å². The van der Waals surface area contributed by atoms with Crippen molar-refractivity contribution in [1.82, 2.24) is 0 Å². The second kappa shape index (κ2) is 9.23. The van der Waals surface area contributed by atoms with Gasteiger partial charge in [0, 0.05) is 12.5 Å². The predicted molar refractivity (Wildman–Crippen MR) is 129 cm³/mol. The van der Waals surface area contributed by atoms with Crippen LogP contribution in [0, 0.1) is 5.92 Å². The van der Waals surface area contributed by atoms with Crippen LogP contribution < -0.4 is 0 Å². The molecule has 1 aliphatic carbocycles. The maximum absolute atomic E-state index is 12.5. The molecule has 0 unspecified atom stereocenters. The van der Waals surface area contributed by atoms with Crippen LogP contribution in [0.2, 0.25) is 36.3 Å². The van der Waals surface area contributed by atoms with Crippen molar-refractivity contribution in [2.75, 3.05) is 14.2 Å². The molecule has 8 heteroatoms. The van der Waals surface area contributed by atoms with E-state index in [1.54, 1.807) is 6.08 Å². The summed E-state index contributed by atoms with van der Waals surface area (Å²) >= 11 is 0. The summed E-state index contributed by atoms with van der Waals surface area (Å²) < 4.78 is 23.5. The zero-order valence-corrected chi connectivity index (χ0v) is 23.5. The Morgan fingerprint density at radius 1 is 0.968 bits per heavy atom. The van der Waals surface area contributed by atoms with Crippen LogP contribution >= 0.6 is 0 Å². The number of hydrogen-bond donors (Lipinski definition) is 0. The number of rotatable bonds is 7. The molecule has 0 bridgehead atoms. The number of carbonyl (C=O) groups excluding carboxylic acids is 2. The lowest BCUT2D eigenvalue weighted by Gasteiger charge is -2.46. The van der Waals surface area contributed by atoms with Crippen molar-refractivity contribution in [3.63, 3.8) is 0 Å². The second-order valence-electron chi connectivity index (χ2n) is 11.3. The molecule has 0 aromatic carbocycles. The largest absolute Gasteiger partial charge is 0.544 e. The molecule has 6 nitrogen and oxygen atoms in total. The van der Waals surface area contributed by atoms with E-state index >= 15 is 0 Å². The SMILES string of the molecule is COC(=O)/C=C/[C@]1(O[Si](C)(C)C(C)(C)C)C[C@H](C(=O)OC)C=C1O[Si](C)(C)C(C)(C)C. The van der Waals surface area contributed by atoms with Gasteiger partial charge in [-0.2, -0.15) is 0 Å². The van der Waals surface area contributed by atoms with Crippen molar-refractivity contribution in [2.45, 2.75) is 89.8 Å². The molecule has 0 aromatic rings. The van der Waals surface area contributed by atoms with Gasteiger partial charge in [0.15, 0.2) is 8.32 Å². The van der Waals surface area contributed by atoms with Gasteiger partial charge in [0.2, 0.25) is 8.32 Å². The fourth-order valence-corrected chi connectivity index (χ4v) is 5.38. The first-order valence-electron chi connectivity index (χ1n) is 10.8. The minimum Gasteiger partial charge on any atom is -0.544 e. The van der Waals surface area contributed by atoms with Gasteiger partial charge in [-0.25, -0.2) is 4.79 Å². The van der Waals surface area contributed by atoms with Crippen LogP contribution in [0.1, 0.15) is 48.0 Å². The minimum atomic E-state index is -2.32. The number of ether oxygens (including phenoxy) is 2. The van der Waals surface area contributed by atoms with Crippen molar-refractivity contribution in [3.8, 4) is 0 Å². The summed E-state index contributed by atoms with van der Waals surface area (Å²) in [6.07, 6.45) is 5.22. The summed E-state index contributed by atoms with van der Waals surface area (Å²) in [5.41, 5.74) is -1.04. The molecule has 0 aromatic heterocycles. The first-order chi connectivity index (χ1) is 13.8. The van der Waals surface area contributed by atoms with Gasteiger partial charge < -0.3 is 18.3 Å². The molecule has 0 heterocycles. The molecule has 2 atom stereocenters. The Morgan fingerprint density at radius 3 is 1.90 bits per heavy atom. The average Bonchev–Trinajstić information content (AvgIpc) is 2.94. The summed E-state index contributed by atoms with van der Waals surface area (Å²) in [6, 6.07) is 0. The zero-order chi connectivity index (χ0) is 24.5. The van der Waals surface area contributed by atoms with Crippen LogP contribution in [0.5, 0.6) is 0 Å². The summed E-state index contributed by atoms with van der Waals surface area (Å²) in [5, 5.41) is -0.128. The Labute approximate surface area is 190 Å². The molecular weight excluding hydrogens is 428 g/mol. The smallest absolute Gasteiger partial charge is 0.330 e. The fourth-order valence-electron chi connectivity index (χ4n) is 2.82.